The predicted molar refractivity (Wildman–Crippen MR) is 101 cm³/mol. The number of carbonyl (C=O) groups is 1. The summed E-state index contributed by atoms with van der Waals surface area (Å²) in [4.78, 5) is 12.3. The number of nitrogens with zero attached hydrogens (tertiary/aromatic N) is 3. The summed E-state index contributed by atoms with van der Waals surface area (Å²) in [6.07, 6.45) is 1.62. The molecule has 9 heteroatoms. The van der Waals surface area contributed by atoms with E-state index in [1.807, 2.05) is 18.2 Å². The Hall–Kier alpha value is -2.83. The number of carbonyl (C=O) groups excluding carboxylic acids is 1. The fourth-order valence-corrected chi connectivity index (χ4v) is 3.87. The summed E-state index contributed by atoms with van der Waals surface area (Å²) in [6, 6.07) is 12.5. The molecule has 0 aliphatic heterocycles. The van der Waals surface area contributed by atoms with Crippen LogP contribution in [0.15, 0.2) is 51.4 Å². The van der Waals surface area contributed by atoms with Gasteiger partial charge in [0.25, 0.3) is 0 Å². The third-order valence-electron chi connectivity index (χ3n) is 3.33. The first-order valence-electron chi connectivity index (χ1n) is 7.71. The molecule has 132 valence electrons. The third-order valence-corrected chi connectivity index (χ3v) is 5.39. The van der Waals surface area contributed by atoms with E-state index in [0.717, 1.165) is 5.76 Å². The molecule has 3 aromatic rings. The molecular formula is C17H15N5O2S2. The molecule has 0 saturated heterocycles. The van der Waals surface area contributed by atoms with Gasteiger partial charge in [0, 0.05) is 5.69 Å². The number of rotatable bonds is 7. The van der Waals surface area contributed by atoms with Gasteiger partial charge >= 0.3 is 0 Å². The molecule has 0 bridgehead atoms. The number of anilines is 2. The Labute approximate surface area is 158 Å². The molecule has 0 saturated carbocycles. The summed E-state index contributed by atoms with van der Waals surface area (Å²) in [5.74, 6) is 0.671. The zero-order chi connectivity index (χ0) is 18.4. The monoisotopic (exact) mass is 385 g/mol. The molecule has 1 aromatic carbocycles. The molecule has 0 spiro atoms. The van der Waals surface area contributed by atoms with Crippen molar-refractivity contribution in [1.29, 1.82) is 5.26 Å². The average Bonchev–Trinajstić information content (AvgIpc) is 3.32. The first kappa shape index (κ1) is 18.0. The minimum atomic E-state index is -0.337. The van der Waals surface area contributed by atoms with Crippen molar-refractivity contribution in [1.82, 2.24) is 10.2 Å². The van der Waals surface area contributed by atoms with Gasteiger partial charge in [0.15, 0.2) is 4.34 Å². The van der Waals surface area contributed by atoms with Gasteiger partial charge < -0.3 is 15.1 Å². The van der Waals surface area contributed by atoms with Crippen LogP contribution in [-0.2, 0) is 11.3 Å². The highest BCUT2D eigenvalue weighted by Gasteiger charge is 2.17. The van der Waals surface area contributed by atoms with Crippen LogP contribution in [0.25, 0.3) is 0 Å². The number of aromatic nitrogens is 2. The maximum atomic E-state index is 12.3. The number of nitriles is 1. The number of benzene rings is 1. The predicted octanol–water partition coefficient (Wildman–Crippen LogP) is 3.73. The van der Waals surface area contributed by atoms with Gasteiger partial charge in [-0.1, -0.05) is 23.1 Å². The van der Waals surface area contributed by atoms with E-state index in [2.05, 4.69) is 20.8 Å². The van der Waals surface area contributed by atoms with Gasteiger partial charge in [-0.05, 0) is 43.3 Å². The van der Waals surface area contributed by atoms with Gasteiger partial charge in [-0.2, -0.15) is 5.26 Å². The van der Waals surface area contributed by atoms with Crippen LogP contribution in [0.5, 0.6) is 0 Å². The second kappa shape index (κ2) is 8.51. The van der Waals surface area contributed by atoms with E-state index in [9.17, 15) is 4.79 Å². The summed E-state index contributed by atoms with van der Waals surface area (Å²) >= 11 is 2.72. The zero-order valence-corrected chi connectivity index (χ0v) is 15.4. The van der Waals surface area contributed by atoms with E-state index in [0.29, 0.717) is 27.3 Å². The largest absolute Gasteiger partial charge is 0.467 e. The minimum Gasteiger partial charge on any atom is -0.467 e. The molecule has 26 heavy (non-hydrogen) atoms. The van der Waals surface area contributed by atoms with Crippen molar-refractivity contribution in [2.75, 3.05) is 10.6 Å². The van der Waals surface area contributed by atoms with Gasteiger partial charge in [-0.3, -0.25) is 4.79 Å². The van der Waals surface area contributed by atoms with Gasteiger partial charge in [0.05, 0.1) is 29.7 Å². The molecule has 2 heterocycles. The normalized spacial score (nSPS) is 11.5. The van der Waals surface area contributed by atoms with Gasteiger partial charge in [0.1, 0.15) is 5.76 Å². The Kier molecular flexibility index (Phi) is 5.88. The van der Waals surface area contributed by atoms with E-state index in [1.54, 1.807) is 37.5 Å². The fourth-order valence-electron chi connectivity index (χ4n) is 1.98. The number of nitrogens with one attached hydrogen (secondary N) is 2. The second-order valence-electron chi connectivity index (χ2n) is 5.24. The van der Waals surface area contributed by atoms with E-state index in [1.165, 1.54) is 23.1 Å². The highest BCUT2D eigenvalue weighted by molar-refractivity contribution is 8.02. The molecular weight excluding hydrogens is 370 g/mol. The molecule has 2 N–H and O–H groups in total. The Bertz CT molecular complexity index is 900. The van der Waals surface area contributed by atoms with E-state index >= 15 is 0 Å². The Morgan fingerprint density at radius 2 is 2.15 bits per heavy atom. The van der Waals surface area contributed by atoms with E-state index in [-0.39, 0.29) is 11.2 Å². The molecule has 0 fully saturated rings. The Morgan fingerprint density at radius 1 is 1.35 bits per heavy atom. The lowest BCUT2D eigenvalue weighted by Gasteiger charge is -2.10. The maximum Gasteiger partial charge on any atom is 0.237 e. The topological polar surface area (TPSA) is 104 Å². The van der Waals surface area contributed by atoms with Crippen LogP contribution >= 0.6 is 23.1 Å². The first-order valence-corrected chi connectivity index (χ1v) is 9.41. The van der Waals surface area contributed by atoms with Crippen molar-refractivity contribution in [2.45, 2.75) is 23.1 Å². The lowest BCUT2D eigenvalue weighted by atomic mass is 10.2. The molecule has 0 unspecified atom stereocenters. The number of hydrogen-bond donors (Lipinski definition) is 2. The summed E-state index contributed by atoms with van der Waals surface area (Å²) in [5.41, 5.74) is 1.20. The highest BCUT2D eigenvalue weighted by Crippen LogP contribution is 2.29. The molecule has 7 nitrogen and oxygen atoms in total. The van der Waals surface area contributed by atoms with Crippen LogP contribution in [0.4, 0.5) is 10.8 Å². The van der Waals surface area contributed by atoms with Crippen LogP contribution < -0.4 is 10.6 Å². The number of furan rings is 1. The van der Waals surface area contributed by atoms with E-state index in [4.69, 9.17) is 9.68 Å². The number of hydrogen-bond acceptors (Lipinski definition) is 8. The number of thioether (sulfide) groups is 1. The van der Waals surface area contributed by atoms with Crippen LogP contribution in [0, 0.1) is 11.3 Å². The SMILES string of the molecule is C[C@H](Sc1nnc(NCc2ccco2)s1)C(=O)Nc1ccc(C#N)cc1. The molecule has 2 aromatic heterocycles. The van der Waals surface area contributed by atoms with Gasteiger partial charge in [-0.15, -0.1) is 10.2 Å². The van der Waals surface area contributed by atoms with Crippen LogP contribution in [0.3, 0.4) is 0 Å². The van der Waals surface area contributed by atoms with Crippen molar-refractivity contribution in [2.24, 2.45) is 0 Å². The molecule has 1 atom stereocenters. The number of amides is 1. The van der Waals surface area contributed by atoms with E-state index < -0.39 is 0 Å². The molecule has 1 amide bonds. The maximum absolute atomic E-state index is 12.3. The summed E-state index contributed by atoms with van der Waals surface area (Å²) in [6.45, 7) is 2.34. The van der Waals surface area contributed by atoms with Crippen molar-refractivity contribution in [3.63, 3.8) is 0 Å². The third kappa shape index (κ3) is 4.84. The Balaban J connectivity index is 1.51. The van der Waals surface area contributed by atoms with Crippen molar-refractivity contribution >= 4 is 39.8 Å². The first-order chi connectivity index (χ1) is 12.6. The van der Waals surface area contributed by atoms with Crippen LogP contribution in [0.2, 0.25) is 0 Å². The van der Waals surface area contributed by atoms with Crippen molar-refractivity contribution in [3.05, 3.63) is 54.0 Å². The van der Waals surface area contributed by atoms with Crippen LogP contribution in [0.1, 0.15) is 18.2 Å². The lowest BCUT2D eigenvalue weighted by Crippen LogP contribution is -2.22. The molecule has 0 radical (unpaired) electrons. The van der Waals surface area contributed by atoms with Crippen molar-refractivity contribution < 1.29 is 9.21 Å². The van der Waals surface area contributed by atoms with Gasteiger partial charge in [-0.25, -0.2) is 0 Å². The zero-order valence-electron chi connectivity index (χ0n) is 13.8. The molecule has 0 aliphatic carbocycles. The lowest BCUT2D eigenvalue weighted by molar-refractivity contribution is -0.115. The average molecular weight is 385 g/mol. The Morgan fingerprint density at radius 3 is 2.85 bits per heavy atom. The highest BCUT2D eigenvalue weighted by atomic mass is 32.2. The standard InChI is InChI=1S/C17H15N5O2S2/c1-11(15(23)20-13-6-4-12(9-18)5-7-13)25-17-22-21-16(26-17)19-10-14-3-2-8-24-14/h2-8,11H,10H2,1H3,(H,19,21)(H,20,23)/t11-/m0/s1. The summed E-state index contributed by atoms with van der Waals surface area (Å²) in [5, 5.41) is 23.2. The quantitative estimate of drug-likeness (QED) is 0.597. The van der Waals surface area contributed by atoms with Crippen molar-refractivity contribution in [3.8, 4) is 6.07 Å². The van der Waals surface area contributed by atoms with Crippen LogP contribution in [-0.4, -0.2) is 21.4 Å². The smallest absolute Gasteiger partial charge is 0.237 e. The summed E-state index contributed by atoms with van der Waals surface area (Å²) in [7, 11) is 0. The second-order valence-corrected chi connectivity index (χ2v) is 7.81. The molecule has 0 aliphatic rings. The fraction of sp³-hybridized carbons (Fsp3) is 0.176. The summed E-state index contributed by atoms with van der Waals surface area (Å²) < 4.78 is 5.95. The molecule has 3 rings (SSSR count). The minimum absolute atomic E-state index is 0.139. The van der Waals surface area contributed by atoms with Gasteiger partial charge in [0.2, 0.25) is 11.0 Å².